The molecule has 1 aromatic heterocycles. The first-order chi connectivity index (χ1) is 9.58. The molecule has 0 saturated carbocycles. The predicted octanol–water partition coefficient (Wildman–Crippen LogP) is 1.84. The minimum Gasteiger partial charge on any atom is -0.465 e. The van der Waals surface area contributed by atoms with Gasteiger partial charge >= 0.3 is 0 Å². The summed E-state index contributed by atoms with van der Waals surface area (Å²) >= 11 is 0. The van der Waals surface area contributed by atoms with E-state index in [9.17, 15) is 9.59 Å². The zero-order chi connectivity index (χ0) is 14.5. The molecule has 2 amide bonds. The normalized spacial score (nSPS) is 11.2. The van der Waals surface area contributed by atoms with Crippen molar-refractivity contribution in [3.63, 3.8) is 0 Å². The minimum atomic E-state index is -0.733. The van der Waals surface area contributed by atoms with Crippen LogP contribution in [0.2, 0.25) is 0 Å². The van der Waals surface area contributed by atoms with Gasteiger partial charge in [0.15, 0.2) is 0 Å². The molecule has 0 radical (unpaired) electrons. The van der Waals surface area contributed by atoms with Crippen LogP contribution in [0.15, 0.2) is 52.8 Å². The van der Waals surface area contributed by atoms with Crippen molar-refractivity contribution in [1.82, 2.24) is 5.32 Å². The summed E-state index contributed by atoms with van der Waals surface area (Å²) in [7, 11) is 0. The quantitative estimate of drug-likeness (QED) is 0.831. The van der Waals surface area contributed by atoms with Gasteiger partial charge in [0.25, 0.3) is 11.8 Å². The summed E-state index contributed by atoms with van der Waals surface area (Å²) in [6.07, 6.45) is 2.85. The van der Waals surface area contributed by atoms with Crippen molar-refractivity contribution in [2.75, 3.05) is 0 Å². The fourth-order valence-corrected chi connectivity index (χ4v) is 1.70. The van der Waals surface area contributed by atoms with Crippen molar-refractivity contribution in [3.05, 3.63) is 65.2 Å². The maximum absolute atomic E-state index is 12.1. The average molecular weight is 270 g/mol. The first kappa shape index (κ1) is 13.6. The summed E-state index contributed by atoms with van der Waals surface area (Å²) < 4.78 is 5.09. The van der Waals surface area contributed by atoms with Crippen LogP contribution in [0.25, 0.3) is 6.08 Å². The molecule has 20 heavy (non-hydrogen) atoms. The molecule has 0 fully saturated rings. The molecule has 102 valence electrons. The van der Waals surface area contributed by atoms with Crippen LogP contribution in [0.3, 0.4) is 0 Å². The number of primary amides is 1. The van der Waals surface area contributed by atoms with E-state index in [2.05, 4.69) is 5.32 Å². The average Bonchev–Trinajstić information content (AvgIpc) is 2.91. The van der Waals surface area contributed by atoms with Crippen LogP contribution in [0.1, 0.15) is 21.7 Å². The number of nitrogens with two attached hydrogens (primary N) is 1. The summed E-state index contributed by atoms with van der Waals surface area (Å²) in [5, 5.41) is 2.50. The highest BCUT2D eigenvalue weighted by Gasteiger charge is 2.13. The number of carbonyl (C=O) groups excluding carboxylic acids is 2. The third kappa shape index (κ3) is 3.14. The minimum absolute atomic E-state index is 0.0202. The number of hydrogen-bond donors (Lipinski definition) is 2. The number of hydrogen-bond acceptors (Lipinski definition) is 3. The van der Waals surface area contributed by atoms with Crippen LogP contribution in [0.4, 0.5) is 0 Å². The molecule has 0 unspecified atom stereocenters. The Hall–Kier alpha value is -2.82. The number of aryl methyl sites for hydroxylation is 1. The number of amides is 2. The number of furan rings is 1. The molecule has 0 spiro atoms. The fourth-order valence-electron chi connectivity index (χ4n) is 1.70. The van der Waals surface area contributed by atoms with E-state index in [1.807, 2.05) is 19.1 Å². The van der Waals surface area contributed by atoms with Gasteiger partial charge in [0.05, 0.1) is 6.26 Å². The van der Waals surface area contributed by atoms with Crippen LogP contribution in [0, 0.1) is 6.92 Å². The Balaban J connectivity index is 2.24. The first-order valence-corrected chi connectivity index (χ1v) is 6.00. The molecule has 0 aliphatic rings. The zero-order valence-corrected chi connectivity index (χ0v) is 10.9. The molecule has 0 aliphatic carbocycles. The van der Waals surface area contributed by atoms with Crippen molar-refractivity contribution in [2.45, 2.75) is 6.92 Å². The molecule has 0 aliphatic heterocycles. The molecule has 2 aromatic rings. The molecule has 5 heteroatoms. The molecule has 0 atom stereocenters. The van der Waals surface area contributed by atoms with E-state index in [4.69, 9.17) is 10.2 Å². The maximum Gasteiger partial charge on any atom is 0.265 e. The van der Waals surface area contributed by atoms with Crippen molar-refractivity contribution < 1.29 is 14.0 Å². The maximum atomic E-state index is 12.1. The number of rotatable bonds is 4. The number of carbonyl (C=O) groups is 2. The summed E-state index contributed by atoms with van der Waals surface area (Å²) in [6, 6.07) is 10.4. The summed E-state index contributed by atoms with van der Waals surface area (Å²) in [6.45, 7) is 1.81. The van der Waals surface area contributed by atoms with Gasteiger partial charge in [-0.3, -0.25) is 9.59 Å². The Morgan fingerprint density at radius 1 is 1.20 bits per heavy atom. The molecular weight excluding hydrogens is 256 g/mol. The van der Waals surface area contributed by atoms with Gasteiger partial charge in [-0.25, -0.2) is 0 Å². The van der Waals surface area contributed by atoms with E-state index in [1.54, 1.807) is 24.3 Å². The predicted molar refractivity (Wildman–Crippen MR) is 74.5 cm³/mol. The van der Waals surface area contributed by atoms with Crippen LogP contribution < -0.4 is 11.1 Å². The Bertz CT molecular complexity index is 658. The second-order valence-electron chi connectivity index (χ2n) is 4.21. The summed E-state index contributed by atoms with van der Waals surface area (Å²) in [5.41, 5.74) is 6.53. The summed E-state index contributed by atoms with van der Waals surface area (Å²) in [5.74, 6) is -0.688. The van der Waals surface area contributed by atoms with E-state index in [-0.39, 0.29) is 11.6 Å². The second-order valence-corrected chi connectivity index (χ2v) is 4.21. The smallest absolute Gasteiger partial charge is 0.265 e. The van der Waals surface area contributed by atoms with Crippen molar-refractivity contribution in [2.24, 2.45) is 5.73 Å². The molecule has 5 nitrogen and oxygen atoms in total. The van der Waals surface area contributed by atoms with Crippen LogP contribution >= 0.6 is 0 Å². The molecule has 0 saturated heterocycles. The molecular formula is C15H14N2O3. The standard InChI is InChI=1S/C15H14N2O3/c1-10-5-2-3-7-12(10)15(19)17-13(14(16)18)9-11-6-4-8-20-11/h2-9H,1H3,(H2,16,18)(H,17,19)/b13-9-. The topological polar surface area (TPSA) is 85.3 Å². The first-order valence-electron chi connectivity index (χ1n) is 6.00. The molecule has 1 aromatic carbocycles. The lowest BCUT2D eigenvalue weighted by Gasteiger charge is -2.08. The Morgan fingerprint density at radius 2 is 1.95 bits per heavy atom. The van der Waals surface area contributed by atoms with E-state index in [1.165, 1.54) is 12.3 Å². The Morgan fingerprint density at radius 3 is 2.55 bits per heavy atom. The van der Waals surface area contributed by atoms with E-state index in [0.29, 0.717) is 11.3 Å². The highest BCUT2D eigenvalue weighted by atomic mass is 16.3. The molecule has 0 bridgehead atoms. The fraction of sp³-hybridized carbons (Fsp3) is 0.0667. The van der Waals surface area contributed by atoms with Gasteiger partial charge in [-0.05, 0) is 30.7 Å². The molecule has 2 rings (SSSR count). The summed E-state index contributed by atoms with van der Waals surface area (Å²) in [4.78, 5) is 23.5. The van der Waals surface area contributed by atoms with Gasteiger partial charge in [0.1, 0.15) is 11.5 Å². The molecule has 3 N–H and O–H groups in total. The lowest BCUT2D eigenvalue weighted by molar-refractivity contribution is -0.114. The van der Waals surface area contributed by atoms with Gasteiger partial charge < -0.3 is 15.5 Å². The van der Waals surface area contributed by atoms with E-state index in [0.717, 1.165) is 5.56 Å². The Kier molecular flexibility index (Phi) is 4.00. The van der Waals surface area contributed by atoms with Crippen LogP contribution in [0.5, 0.6) is 0 Å². The van der Waals surface area contributed by atoms with Crippen molar-refractivity contribution in [3.8, 4) is 0 Å². The van der Waals surface area contributed by atoms with E-state index < -0.39 is 5.91 Å². The van der Waals surface area contributed by atoms with Gasteiger partial charge in [-0.15, -0.1) is 0 Å². The van der Waals surface area contributed by atoms with Gasteiger partial charge in [0.2, 0.25) is 0 Å². The van der Waals surface area contributed by atoms with Crippen molar-refractivity contribution in [1.29, 1.82) is 0 Å². The largest absolute Gasteiger partial charge is 0.465 e. The highest BCUT2D eigenvalue weighted by molar-refractivity contribution is 6.05. The Labute approximate surface area is 116 Å². The monoisotopic (exact) mass is 270 g/mol. The van der Waals surface area contributed by atoms with Crippen LogP contribution in [-0.4, -0.2) is 11.8 Å². The van der Waals surface area contributed by atoms with Gasteiger partial charge in [0, 0.05) is 11.6 Å². The lowest BCUT2D eigenvalue weighted by atomic mass is 10.1. The number of benzene rings is 1. The van der Waals surface area contributed by atoms with E-state index >= 15 is 0 Å². The second kappa shape index (κ2) is 5.88. The van der Waals surface area contributed by atoms with Gasteiger partial charge in [-0.2, -0.15) is 0 Å². The van der Waals surface area contributed by atoms with Crippen LogP contribution in [-0.2, 0) is 4.79 Å². The van der Waals surface area contributed by atoms with Gasteiger partial charge in [-0.1, -0.05) is 18.2 Å². The lowest BCUT2D eigenvalue weighted by Crippen LogP contribution is -2.31. The number of nitrogens with one attached hydrogen (secondary N) is 1. The third-order valence-electron chi connectivity index (χ3n) is 2.73. The highest BCUT2D eigenvalue weighted by Crippen LogP contribution is 2.09. The SMILES string of the molecule is Cc1ccccc1C(=O)N/C(=C\c1ccco1)C(N)=O. The zero-order valence-electron chi connectivity index (χ0n) is 10.9. The molecule has 1 heterocycles. The van der Waals surface area contributed by atoms with Crippen molar-refractivity contribution >= 4 is 17.9 Å². The third-order valence-corrected chi connectivity index (χ3v) is 2.73.